The first kappa shape index (κ1) is 21.6. The van der Waals surface area contributed by atoms with E-state index in [9.17, 15) is 9.59 Å². The van der Waals surface area contributed by atoms with Gasteiger partial charge in [-0.05, 0) is 48.2 Å². The van der Waals surface area contributed by atoms with E-state index in [0.29, 0.717) is 6.61 Å². The van der Waals surface area contributed by atoms with Crippen molar-refractivity contribution in [2.75, 3.05) is 0 Å². The molecule has 0 unspecified atom stereocenters. The summed E-state index contributed by atoms with van der Waals surface area (Å²) in [5.74, 6) is 0.434. The molecule has 158 valence electrons. The summed E-state index contributed by atoms with van der Waals surface area (Å²) in [5.41, 5.74) is 4.43. The molecule has 0 aromatic heterocycles. The van der Waals surface area contributed by atoms with Crippen LogP contribution < -0.4 is 15.5 Å². The lowest BCUT2D eigenvalue weighted by Gasteiger charge is -2.22. The van der Waals surface area contributed by atoms with E-state index in [2.05, 4.69) is 15.8 Å². The number of nitrogens with zero attached hydrogens (tertiary/aromatic N) is 1. The molecule has 1 fully saturated rings. The smallest absolute Gasteiger partial charge is 0.240 e. The van der Waals surface area contributed by atoms with Crippen LogP contribution in [0.2, 0.25) is 0 Å². The van der Waals surface area contributed by atoms with Crippen LogP contribution in [0.5, 0.6) is 5.75 Å². The number of rotatable bonds is 9. The Labute approximate surface area is 177 Å². The molecule has 0 aliphatic heterocycles. The van der Waals surface area contributed by atoms with Crippen LogP contribution in [0, 0.1) is 0 Å². The minimum Gasteiger partial charge on any atom is -0.489 e. The van der Waals surface area contributed by atoms with Crippen LogP contribution in [0.15, 0.2) is 59.7 Å². The molecule has 1 aliphatic rings. The molecule has 0 heterocycles. The first-order valence-corrected chi connectivity index (χ1v) is 10.6. The van der Waals surface area contributed by atoms with Crippen molar-refractivity contribution < 1.29 is 14.3 Å². The molecule has 0 saturated heterocycles. The lowest BCUT2D eigenvalue weighted by atomic mass is 9.95. The highest BCUT2D eigenvalue weighted by molar-refractivity contribution is 5.85. The number of hydrazone groups is 1. The molecule has 1 saturated carbocycles. The van der Waals surface area contributed by atoms with Crippen molar-refractivity contribution in [3.05, 3.63) is 65.7 Å². The van der Waals surface area contributed by atoms with Crippen molar-refractivity contribution in [1.82, 2.24) is 10.7 Å². The molecule has 0 radical (unpaired) electrons. The van der Waals surface area contributed by atoms with E-state index in [1.54, 1.807) is 6.21 Å². The van der Waals surface area contributed by atoms with Gasteiger partial charge >= 0.3 is 0 Å². The Bertz CT molecular complexity index is 829. The van der Waals surface area contributed by atoms with Crippen LogP contribution in [0.1, 0.15) is 56.1 Å². The molecular formula is C24H29N3O3. The van der Waals surface area contributed by atoms with Gasteiger partial charge in [0.05, 0.1) is 6.21 Å². The Hall–Kier alpha value is -3.15. The zero-order chi connectivity index (χ0) is 21.0. The van der Waals surface area contributed by atoms with Crippen molar-refractivity contribution in [3.8, 4) is 5.75 Å². The summed E-state index contributed by atoms with van der Waals surface area (Å²) in [6.45, 7) is 0.513. The van der Waals surface area contributed by atoms with Gasteiger partial charge in [-0.3, -0.25) is 9.59 Å². The number of nitrogens with one attached hydrogen (secondary N) is 2. The summed E-state index contributed by atoms with van der Waals surface area (Å²) in [4.78, 5) is 23.8. The van der Waals surface area contributed by atoms with Crippen LogP contribution in [0.25, 0.3) is 0 Å². The molecule has 3 rings (SSSR count). The second kappa shape index (κ2) is 11.8. The fraction of sp³-hybridized carbons (Fsp3) is 0.375. The van der Waals surface area contributed by atoms with Gasteiger partial charge in [0.15, 0.2) is 0 Å². The van der Waals surface area contributed by atoms with Crippen LogP contribution >= 0.6 is 0 Å². The zero-order valence-electron chi connectivity index (χ0n) is 17.2. The third-order valence-electron chi connectivity index (χ3n) is 5.08. The van der Waals surface area contributed by atoms with E-state index in [0.717, 1.165) is 29.7 Å². The van der Waals surface area contributed by atoms with Gasteiger partial charge in [-0.1, -0.05) is 49.6 Å². The lowest BCUT2D eigenvalue weighted by Crippen LogP contribution is -2.36. The number of benzene rings is 2. The van der Waals surface area contributed by atoms with E-state index in [1.807, 2.05) is 54.6 Å². The highest BCUT2D eigenvalue weighted by Gasteiger charge is 2.16. The van der Waals surface area contributed by atoms with Crippen LogP contribution in [-0.2, 0) is 16.2 Å². The van der Waals surface area contributed by atoms with E-state index in [4.69, 9.17) is 4.74 Å². The molecule has 0 atom stereocenters. The predicted octanol–water partition coefficient (Wildman–Crippen LogP) is 3.94. The lowest BCUT2D eigenvalue weighted by molar-refractivity contribution is -0.126. The van der Waals surface area contributed by atoms with E-state index >= 15 is 0 Å². The third-order valence-corrected chi connectivity index (χ3v) is 5.08. The summed E-state index contributed by atoms with van der Waals surface area (Å²) in [6, 6.07) is 17.7. The van der Waals surface area contributed by atoms with Gasteiger partial charge in [-0.25, -0.2) is 5.43 Å². The maximum absolute atomic E-state index is 11.9. The molecule has 2 amide bonds. The molecule has 30 heavy (non-hydrogen) atoms. The largest absolute Gasteiger partial charge is 0.489 e. The molecule has 0 spiro atoms. The number of hydrogen-bond acceptors (Lipinski definition) is 4. The first-order valence-electron chi connectivity index (χ1n) is 10.6. The molecule has 6 heteroatoms. The van der Waals surface area contributed by atoms with Gasteiger partial charge in [0.2, 0.25) is 11.8 Å². The molecule has 2 aromatic rings. The maximum atomic E-state index is 11.9. The number of carbonyl (C=O) groups excluding carboxylic acids is 2. The number of ether oxygens (including phenoxy) is 1. The normalized spacial score (nSPS) is 14.4. The van der Waals surface area contributed by atoms with Gasteiger partial charge in [0, 0.05) is 18.9 Å². The Kier molecular flexibility index (Phi) is 8.45. The van der Waals surface area contributed by atoms with Crippen molar-refractivity contribution >= 4 is 18.0 Å². The Morgan fingerprint density at radius 3 is 2.37 bits per heavy atom. The standard InChI is InChI=1S/C24H29N3O3/c28-23(26-21-9-5-2-6-10-21)15-16-24(29)27-25-17-19-11-13-22(14-12-19)30-18-20-7-3-1-4-8-20/h1,3-4,7-8,11-14,17,21H,2,5-6,9-10,15-16,18H2,(H,26,28)(H,27,29). The first-order chi connectivity index (χ1) is 14.7. The van der Waals surface area contributed by atoms with Crippen molar-refractivity contribution in [3.63, 3.8) is 0 Å². The van der Waals surface area contributed by atoms with Crippen LogP contribution in [0.4, 0.5) is 0 Å². The average molecular weight is 408 g/mol. The summed E-state index contributed by atoms with van der Waals surface area (Å²) >= 11 is 0. The Morgan fingerprint density at radius 2 is 1.63 bits per heavy atom. The number of hydrogen-bond donors (Lipinski definition) is 2. The molecular weight excluding hydrogens is 378 g/mol. The topological polar surface area (TPSA) is 79.8 Å². The zero-order valence-corrected chi connectivity index (χ0v) is 17.2. The molecule has 2 N–H and O–H groups in total. The van der Waals surface area contributed by atoms with Crippen molar-refractivity contribution in [2.24, 2.45) is 5.10 Å². The Balaban J connectivity index is 1.34. The summed E-state index contributed by atoms with van der Waals surface area (Å²) in [6.07, 6.45) is 7.54. The van der Waals surface area contributed by atoms with Crippen molar-refractivity contribution in [2.45, 2.75) is 57.6 Å². The van der Waals surface area contributed by atoms with Gasteiger partial charge in [-0.2, -0.15) is 5.10 Å². The number of amides is 2. The minimum absolute atomic E-state index is 0.0629. The minimum atomic E-state index is -0.271. The van der Waals surface area contributed by atoms with Gasteiger partial charge in [0.1, 0.15) is 12.4 Å². The second-order valence-corrected chi connectivity index (χ2v) is 7.54. The fourth-order valence-electron chi connectivity index (χ4n) is 3.40. The van der Waals surface area contributed by atoms with Gasteiger partial charge < -0.3 is 10.1 Å². The molecule has 1 aliphatic carbocycles. The molecule has 6 nitrogen and oxygen atoms in total. The molecule has 0 bridgehead atoms. The van der Waals surface area contributed by atoms with Gasteiger partial charge in [0.25, 0.3) is 0 Å². The van der Waals surface area contributed by atoms with E-state index in [1.165, 1.54) is 19.3 Å². The second-order valence-electron chi connectivity index (χ2n) is 7.54. The highest BCUT2D eigenvalue weighted by atomic mass is 16.5. The van der Waals surface area contributed by atoms with E-state index in [-0.39, 0.29) is 30.7 Å². The monoisotopic (exact) mass is 407 g/mol. The van der Waals surface area contributed by atoms with Gasteiger partial charge in [-0.15, -0.1) is 0 Å². The fourth-order valence-corrected chi connectivity index (χ4v) is 3.40. The average Bonchev–Trinajstić information content (AvgIpc) is 2.78. The maximum Gasteiger partial charge on any atom is 0.240 e. The SMILES string of the molecule is O=C(CCC(=O)NC1CCCCC1)NN=Cc1ccc(OCc2ccccc2)cc1. The number of carbonyl (C=O) groups is 2. The van der Waals surface area contributed by atoms with Crippen LogP contribution in [-0.4, -0.2) is 24.1 Å². The quantitative estimate of drug-likeness (QED) is 0.488. The van der Waals surface area contributed by atoms with Crippen LogP contribution in [0.3, 0.4) is 0 Å². The third kappa shape index (κ3) is 7.70. The summed E-state index contributed by atoms with van der Waals surface area (Å²) in [5, 5.41) is 6.97. The molecule has 2 aromatic carbocycles. The predicted molar refractivity (Wildman–Crippen MR) is 117 cm³/mol. The van der Waals surface area contributed by atoms with Crippen molar-refractivity contribution in [1.29, 1.82) is 0 Å². The summed E-state index contributed by atoms with van der Waals surface area (Å²) in [7, 11) is 0. The Morgan fingerprint density at radius 1 is 0.933 bits per heavy atom. The van der Waals surface area contributed by atoms with E-state index < -0.39 is 0 Å². The summed E-state index contributed by atoms with van der Waals surface area (Å²) < 4.78 is 5.75. The highest BCUT2D eigenvalue weighted by Crippen LogP contribution is 2.17.